The summed E-state index contributed by atoms with van der Waals surface area (Å²) in [5.74, 6) is -0.259. The number of rotatable bonds is 1. The van der Waals surface area contributed by atoms with E-state index in [1.165, 1.54) is 6.07 Å². The lowest BCUT2D eigenvalue weighted by Gasteiger charge is -2.04. The van der Waals surface area contributed by atoms with Gasteiger partial charge in [0, 0.05) is 17.8 Å². The number of halogens is 1. The molecule has 0 saturated heterocycles. The zero-order valence-electron chi connectivity index (χ0n) is 8.34. The summed E-state index contributed by atoms with van der Waals surface area (Å²) < 4.78 is 15.3. The van der Waals surface area contributed by atoms with Gasteiger partial charge in [-0.2, -0.15) is 5.10 Å². The van der Waals surface area contributed by atoms with Crippen LogP contribution in [0.25, 0.3) is 16.9 Å². The highest BCUT2D eigenvalue weighted by Crippen LogP contribution is 2.21. The van der Waals surface area contributed by atoms with E-state index in [-0.39, 0.29) is 5.82 Å². The number of hydrogen-bond donors (Lipinski definition) is 0. The Morgan fingerprint density at radius 2 is 1.88 bits per heavy atom. The summed E-state index contributed by atoms with van der Waals surface area (Å²) in [5.41, 5.74) is 1.94. The van der Waals surface area contributed by atoms with Gasteiger partial charge in [0.25, 0.3) is 0 Å². The molecule has 3 rings (SSSR count). The third kappa shape index (κ3) is 1.27. The standard InChI is InChI=1S/C12H8FN3/c13-10-4-2-1-3-9(10)11-5-7-14-12-6-8-15-16(11)12/h1-8H. The van der Waals surface area contributed by atoms with E-state index in [9.17, 15) is 4.39 Å². The molecule has 0 amide bonds. The highest BCUT2D eigenvalue weighted by atomic mass is 19.1. The van der Waals surface area contributed by atoms with Crippen LogP contribution in [0.5, 0.6) is 0 Å². The van der Waals surface area contributed by atoms with Gasteiger partial charge >= 0.3 is 0 Å². The first-order valence-corrected chi connectivity index (χ1v) is 4.90. The van der Waals surface area contributed by atoms with Gasteiger partial charge in [-0.3, -0.25) is 0 Å². The molecule has 0 N–H and O–H groups in total. The van der Waals surface area contributed by atoms with E-state index >= 15 is 0 Å². The highest BCUT2D eigenvalue weighted by molar-refractivity contribution is 5.62. The van der Waals surface area contributed by atoms with Crippen molar-refractivity contribution in [3.63, 3.8) is 0 Å². The van der Waals surface area contributed by atoms with Crippen molar-refractivity contribution < 1.29 is 4.39 Å². The Bertz CT molecular complexity index is 645. The summed E-state index contributed by atoms with van der Waals surface area (Å²) in [4.78, 5) is 4.14. The number of aromatic nitrogens is 3. The fourth-order valence-electron chi connectivity index (χ4n) is 1.71. The van der Waals surface area contributed by atoms with E-state index in [1.807, 2.05) is 0 Å². The fraction of sp³-hybridized carbons (Fsp3) is 0. The van der Waals surface area contributed by atoms with Crippen LogP contribution in [0.1, 0.15) is 0 Å². The van der Waals surface area contributed by atoms with E-state index in [0.717, 1.165) is 0 Å². The summed E-state index contributed by atoms with van der Waals surface area (Å²) in [6, 6.07) is 10.2. The van der Waals surface area contributed by atoms with E-state index in [1.54, 1.807) is 47.2 Å². The van der Waals surface area contributed by atoms with Crippen molar-refractivity contribution in [1.29, 1.82) is 0 Å². The van der Waals surface area contributed by atoms with Crippen molar-refractivity contribution in [3.05, 3.63) is 54.6 Å². The van der Waals surface area contributed by atoms with Gasteiger partial charge in [0.1, 0.15) is 5.82 Å². The maximum Gasteiger partial charge on any atom is 0.155 e. The van der Waals surface area contributed by atoms with E-state index in [4.69, 9.17) is 0 Å². The molecular formula is C12H8FN3. The minimum Gasteiger partial charge on any atom is -0.237 e. The lowest BCUT2D eigenvalue weighted by molar-refractivity contribution is 0.630. The van der Waals surface area contributed by atoms with Crippen molar-refractivity contribution in [2.45, 2.75) is 0 Å². The molecule has 2 heterocycles. The van der Waals surface area contributed by atoms with E-state index < -0.39 is 0 Å². The third-order valence-electron chi connectivity index (χ3n) is 2.44. The van der Waals surface area contributed by atoms with Crippen LogP contribution in [-0.4, -0.2) is 14.6 Å². The van der Waals surface area contributed by atoms with Crippen LogP contribution in [0, 0.1) is 5.82 Å². The molecule has 4 heteroatoms. The molecule has 0 spiro atoms. The maximum atomic E-state index is 13.6. The fourth-order valence-corrected chi connectivity index (χ4v) is 1.71. The summed E-state index contributed by atoms with van der Waals surface area (Å²) in [6.07, 6.45) is 3.30. The first kappa shape index (κ1) is 9.03. The molecule has 0 bridgehead atoms. The van der Waals surface area contributed by atoms with Gasteiger partial charge in [-0.15, -0.1) is 0 Å². The Labute approximate surface area is 91.2 Å². The van der Waals surface area contributed by atoms with Crippen molar-refractivity contribution in [3.8, 4) is 11.3 Å². The average Bonchev–Trinajstić information content (AvgIpc) is 2.77. The molecule has 0 atom stereocenters. The van der Waals surface area contributed by atoms with Crippen LogP contribution < -0.4 is 0 Å². The number of nitrogens with zero attached hydrogens (tertiary/aromatic N) is 3. The maximum absolute atomic E-state index is 13.6. The molecule has 78 valence electrons. The second kappa shape index (κ2) is 3.41. The Hall–Kier alpha value is -2.23. The van der Waals surface area contributed by atoms with Crippen LogP contribution in [-0.2, 0) is 0 Å². The van der Waals surface area contributed by atoms with Gasteiger partial charge in [0.15, 0.2) is 5.65 Å². The summed E-state index contributed by atoms with van der Waals surface area (Å²) in [7, 11) is 0. The summed E-state index contributed by atoms with van der Waals surface area (Å²) in [5, 5.41) is 4.12. The Morgan fingerprint density at radius 1 is 1.00 bits per heavy atom. The quantitative estimate of drug-likeness (QED) is 0.621. The zero-order valence-corrected chi connectivity index (χ0v) is 8.34. The topological polar surface area (TPSA) is 30.2 Å². The van der Waals surface area contributed by atoms with Gasteiger partial charge in [-0.25, -0.2) is 13.9 Å². The second-order valence-corrected chi connectivity index (χ2v) is 3.41. The van der Waals surface area contributed by atoms with Gasteiger partial charge in [0.05, 0.1) is 11.9 Å². The first-order valence-electron chi connectivity index (χ1n) is 4.90. The van der Waals surface area contributed by atoms with Crippen molar-refractivity contribution in [2.24, 2.45) is 0 Å². The molecule has 0 fully saturated rings. The molecule has 0 radical (unpaired) electrons. The number of benzene rings is 1. The van der Waals surface area contributed by atoms with Crippen molar-refractivity contribution in [2.75, 3.05) is 0 Å². The lowest BCUT2D eigenvalue weighted by atomic mass is 10.1. The lowest BCUT2D eigenvalue weighted by Crippen LogP contribution is -1.96. The molecule has 2 aromatic heterocycles. The Balaban J connectivity index is 2.34. The Kier molecular flexibility index (Phi) is 1.93. The summed E-state index contributed by atoms with van der Waals surface area (Å²) >= 11 is 0. The van der Waals surface area contributed by atoms with E-state index in [0.29, 0.717) is 16.9 Å². The predicted octanol–water partition coefficient (Wildman–Crippen LogP) is 2.54. The molecule has 0 aliphatic heterocycles. The van der Waals surface area contributed by atoms with Crippen LogP contribution in [0.3, 0.4) is 0 Å². The molecule has 1 aromatic carbocycles. The molecule has 0 aliphatic rings. The minimum absolute atomic E-state index is 0.259. The molecule has 0 aliphatic carbocycles. The molecule has 3 aromatic rings. The number of hydrogen-bond acceptors (Lipinski definition) is 2. The molecule has 0 saturated carbocycles. The molecule has 16 heavy (non-hydrogen) atoms. The second-order valence-electron chi connectivity index (χ2n) is 3.41. The Morgan fingerprint density at radius 3 is 2.75 bits per heavy atom. The van der Waals surface area contributed by atoms with Gasteiger partial charge in [-0.1, -0.05) is 12.1 Å². The van der Waals surface area contributed by atoms with Crippen molar-refractivity contribution in [1.82, 2.24) is 14.6 Å². The largest absolute Gasteiger partial charge is 0.237 e. The molecule has 3 nitrogen and oxygen atoms in total. The van der Waals surface area contributed by atoms with Crippen LogP contribution in [0.4, 0.5) is 4.39 Å². The highest BCUT2D eigenvalue weighted by Gasteiger charge is 2.08. The van der Waals surface area contributed by atoms with Crippen LogP contribution in [0.2, 0.25) is 0 Å². The smallest absolute Gasteiger partial charge is 0.155 e. The average molecular weight is 213 g/mol. The third-order valence-corrected chi connectivity index (χ3v) is 2.44. The SMILES string of the molecule is Fc1ccccc1-c1ccnc2ccnn12. The van der Waals surface area contributed by atoms with Gasteiger partial charge in [0.2, 0.25) is 0 Å². The minimum atomic E-state index is -0.259. The van der Waals surface area contributed by atoms with Crippen LogP contribution in [0.15, 0.2) is 48.8 Å². The predicted molar refractivity (Wildman–Crippen MR) is 58.4 cm³/mol. The normalized spacial score (nSPS) is 10.8. The summed E-state index contributed by atoms with van der Waals surface area (Å²) in [6.45, 7) is 0. The van der Waals surface area contributed by atoms with Crippen molar-refractivity contribution >= 4 is 5.65 Å². The first-order chi connectivity index (χ1) is 7.86. The van der Waals surface area contributed by atoms with E-state index in [2.05, 4.69) is 10.1 Å². The zero-order chi connectivity index (χ0) is 11.0. The molecule has 0 unspecified atom stereocenters. The van der Waals surface area contributed by atoms with Gasteiger partial charge < -0.3 is 0 Å². The number of fused-ring (bicyclic) bond motifs is 1. The van der Waals surface area contributed by atoms with Crippen LogP contribution >= 0.6 is 0 Å². The van der Waals surface area contributed by atoms with Gasteiger partial charge in [-0.05, 0) is 18.2 Å². The monoisotopic (exact) mass is 213 g/mol. The molecular weight excluding hydrogens is 205 g/mol.